The highest BCUT2D eigenvalue weighted by molar-refractivity contribution is 7.87. The first-order valence-electron chi connectivity index (χ1n) is 5.02. The van der Waals surface area contributed by atoms with Crippen LogP contribution in [0.1, 0.15) is 10.4 Å². The van der Waals surface area contributed by atoms with Crippen molar-refractivity contribution in [3.8, 4) is 0 Å². The summed E-state index contributed by atoms with van der Waals surface area (Å²) >= 11 is 1.34. The molecule has 0 radical (unpaired) electrons. The molecule has 0 unspecified atom stereocenters. The number of rotatable bonds is 3. The van der Waals surface area contributed by atoms with Crippen LogP contribution in [-0.2, 0) is 14.9 Å². The number of morpholine rings is 1. The molecule has 1 aliphatic heterocycles. The second-order valence-electron chi connectivity index (χ2n) is 3.46. The van der Waals surface area contributed by atoms with Crippen molar-refractivity contribution < 1.29 is 17.9 Å². The zero-order chi connectivity index (χ0) is 12.3. The zero-order valence-electron chi connectivity index (χ0n) is 8.96. The molecule has 6 nitrogen and oxygen atoms in total. The number of nitrogens with zero attached hydrogens (tertiary/aromatic N) is 1. The summed E-state index contributed by atoms with van der Waals surface area (Å²) in [6.45, 7) is 1.25. The summed E-state index contributed by atoms with van der Waals surface area (Å²) in [7, 11) is -3.75. The van der Waals surface area contributed by atoms with Gasteiger partial charge in [-0.3, -0.25) is 4.79 Å². The van der Waals surface area contributed by atoms with Crippen molar-refractivity contribution in [3.63, 3.8) is 0 Å². The molecule has 1 N–H and O–H groups in total. The molecule has 0 aromatic carbocycles. The summed E-state index contributed by atoms with van der Waals surface area (Å²) < 4.78 is 32.0. The fraction of sp³-hybridized carbons (Fsp3) is 0.444. The number of hydrogen-bond acceptors (Lipinski definition) is 5. The Morgan fingerprint density at radius 3 is 2.71 bits per heavy atom. The molecule has 1 saturated heterocycles. The van der Waals surface area contributed by atoms with E-state index >= 15 is 0 Å². The lowest BCUT2D eigenvalue weighted by molar-refractivity contribution is 0.0719. The Labute approximate surface area is 103 Å². The van der Waals surface area contributed by atoms with Crippen molar-refractivity contribution in [2.75, 3.05) is 26.3 Å². The molecular weight excluding hydrogens is 264 g/mol. The minimum absolute atomic E-state index is 0.270. The van der Waals surface area contributed by atoms with Crippen LogP contribution in [0, 0.1) is 0 Å². The molecule has 0 atom stereocenters. The number of carbonyl (C=O) groups excluding carboxylic acids is 1. The molecule has 2 heterocycles. The van der Waals surface area contributed by atoms with Gasteiger partial charge in [-0.2, -0.15) is 24.1 Å². The van der Waals surface area contributed by atoms with E-state index in [-0.39, 0.29) is 13.1 Å². The Hall–Kier alpha value is -0.960. The third-order valence-electron chi connectivity index (χ3n) is 2.32. The van der Waals surface area contributed by atoms with Crippen LogP contribution in [0.25, 0.3) is 0 Å². The molecule has 2 rings (SSSR count). The van der Waals surface area contributed by atoms with Gasteiger partial charge in [-0.25, -0.2) is 4.72 Å². The fourth-order valence-electron chi connectivity index (χ4n) is 1.42. The van der Waals surface area contributed by atoms with Crippen LogP contribution < -0.4 is 4.72 Å². The van der Waals surface area contributed by atoms with Gasteiger partial charge in [0, 0.05) is 18.5 Å². The molecule has 1 fully saturated rings. The van der Waals surface area contributed by atoms with E-state index in [2.05, 4.69) is 0 Å². The Bertz CT molecular complexity index is 477. The first-order chi connectivity index (χ1) is 8.09. The summed E-state index contributed by atoms with van der Waals surface area (Å²) in [5, 5.41) is 3.32. The van der Waals surface area contributed by atoms with Gasteiger partial charge in [-0.15, -0.1) is 0 Å². The van der Waals surface area contributed by atoms with E-state index in [0.717, 1.165) is 0 Å². The monoisotopic (exact) mass is 276 g/mol. The van der Waals surface area contributed by atoms with Gasteiger partial charge in [0.2, 0.25) is 0 Å². The second-order valence-corrected chi connectivity index (χ2v) is 5.91. The lowest BCUT2D eigenvalue weighted by Crippen LogP contribution is -2.48. The minimum atomic E-state index is -3.75. The highest BCUT2D eigenvalue weighted by Gasteiger charge is 2.26. The molecule has 8 heteroatoms. The van der Waals surface area contributed by atoms with Gasteiger partial charge in [0.05, 0.1) is 18.8 Å². The molecular formula is C9H12N2O4S2. The molecule has 94 valence electrons. The maximum absolute atomic E-state index is 11.8. The molecule has 0 aliphatic carbocycles. The Morgan fingerprint density at radius 2 is 2.12 bits per heavy atom. The molecule has 1 aliphatic rings. The van der Waals surface area contributed by atoms with Crippen molar-refractivity contribution in [3.05, 3.63) is 22.4 Å². The highest BCUT2D eigenvalue weighted by atomic mass is 32.2. The second kappa shape index (κ2) is 5.13. The normalized spacial score (nSPS) is 17.9. The molecule has 0 bridgehead atoms. The zero-order valence-corrected chi connectivity index (χ0v) is 10.6. The average Bonchev–Trinajstić information content (AvgIpc) is 2.83. The van der Waals surface area contributed by atoms with Crippen LogP contribution >= 0.6 is 11.3 Å². The van der Waals surface area contributed by atoms with E-state index in [1.807, 2.05) is 4.72 Å². The standard InChI is InChI=1S/C9H12N2O4S2/c12-9(8-1-6-16-7-8)10-17(13,14)11-2-4-15-5-3-11/h1,6-7H,2-5H2,(H,10,12). The van der Waals surface area contributed by atoms with Crippen molar-refractivity contribution >= 4 is 27.5 Å². The average molecular weight is 276 g/mol. The van der Waals surface area contributed by atoms with Gasteiger partial charge < -0.3 is 4.74 Å². The topological polar surface area (TPSA) is 75.7 Å². The molecule has 0 spiro atoms. The fourth-order valence-corrected chi connectivity index (χ4v) is 3.17. The smallest absolute Gasteiger partial charge is 0.304 e. The summed E-state index contributed by atoms with van der Waals surface area (Å²) in [5.74, 6) is -0.599. The predicted molar refractivity (Wildman–Crippen MR) is 63.1 cm³/mol. The van der Waals surface area contributed by atoms with Crippen LogP contribution in [0.4, 0.5) is 0 Å². The van der Waals surface area contributed by atoms with Gasteiger partial charge in [0.15, 0.2) is 0 Å². The van der Waals surface area contributed by atoms with Gasteiger partial charge in [-0.05, 0) is 11.4 Å². The number of thiophene rings is 1. The van der Waals surface area contributed by atoms with Crippen LogP contribution in [0.5, 0.6) is 0 Å². The van der Waals surface area contributed by atoms with E-state index in [0.29, 0.717) is 18.8 Å². The van der Waals surface area contributed by atoms with Crippen LogP contribution in [0.2, 0.25) is 0 Å². The summed E-state index contributed by atoms with van der Waals surface area (Å²) in [4.78, 5) is 11.6. The van der Waals surface area contributed by atoms with Crippen molar-refractivity contribution in [1.29, 1.82) is 0 Å². The van der Waals surface area contributed by atoms with E-state index in [9.17, 15) is 13.2 Å². The highest BCUT2D eigenvalue weighted by Crippen LogP contribution is 2.08. The molecule has 1 aromatic heterocycles. The van der Waals surface area contributed by atoms with Crippen molar-refractivity contribution in [2.24, 2.45) is 0 Å². The number of hydrogen-bond donors (Lipinski definition) is 1. The number of ether oxygens (including phenoxy) is 1. The lowest BCUT2D eigenvalue weighted by Gasteiger charge is -2.25. The third kappa shape index (κ3) is 3.03. The molecule has 17 heavy (non-hydrogen) atoms. The first-order valence-corrected chi connectivity index (χ1v) is 7.40. The van der Waals surface area contributed by atoms with Crippen LogP contribution in [0.15, 0.2) is 16.8 Å². The first kappa shape index (κ1) is 12.5. The molecule has 1 aromatic rings. The van der Waals surface area contributed by atoms with Crippen LogP contribution in [-0.4, -0.2) is 44.9 Å². The minimum Gasteiger partial charge on any atom is -0.379 e. The van der Waals surface area contributed by atoms with Crippen LogP contribution in [0.3, 0.4) is 0 Å². The quantitative estimate of drug-likeness (QED) is 0.846. The number of carbonyl (C=O) groups is 1. The van der Waals surface area contributed by atoms with Gasteiger partial charge in [0.25, 0.3) is 5.91 Å². The SMILES string of the molecule is O=C(NS(=O)(=O)N1CCOCC1)c1ccsc1. The third-order valence-corrected chi connectivity index (χ3v) is 4.49. The summed E-state index contributed by atoms with van der Waals surface area (Å²) in [6.07, 6.45) is 0. The summed E-state index contributed by atoms with van der Waals surface area (Å²) in [6, 6.07) is 1.58. The Balaban J connectivity index is 2.04. The van der Waals surface area contributed by atoms with Gasteiger partial charge >= 0.3 is 10.2 Å². The Morgan fingerprint density at radius 1 is 1.41 bits per heavy atom. The predicted octanol–water partition coefficient (Wildman–Crippen LogP) is 0.0549. The lowest BCUT2D eigenvalue weighted by atomic mass is 10.3. The number of amides is 1. The van der Waals surface area contributed by atoms with E-state index in [1.54, 1.807) is 16.8 Å². The van der Waals surface area contributed by atoms with E-state index < -0.39 is 16.1 Å². The van der Waals surface area contributed by atoms with Crippen molar-refractivity contribution in [2.45, 2.75) is 0 Å². The largest absolute Gasteiger partial charge is 0.379 e. The molecule has 1 amide bonds. The molecule has 0 saturated carbocycles. The van der Waals surface area contributed by atoms with E-state index in [4.69, 9.17) is 4.74 Å². The number of nitrogens with one attached hydrogen (secondary N) is 1. The van der Waals surface area contributed by atoms with E-state index in [1.165, 1.54) is 15.6 Å². The van der Waals surface area contributed by atoms with Gasteiger partial charge in [-0.1, -0.05) is 0 Å². The maximum atomic E-state index is 11.8. The summed E-state index contributed by atoms with van der Waals surface area (Å²) in [5.41, 5.74) is 0.354. The van der Waals surface area contributed by atoms with Crippen molar-refractivity contribution in [1.82, 2.24) is 9.03 Å². The van der Waals surface area contributed by atoms with Gasteiger partial charge in [0.1, 0.15) is 0 Å². The maximum Gasteiger partial charge on any atom is 0.304 e. The Kier molecular flexibility index (Phi) is 3.77.